The second kappa shape index (κ2) is 7.10. The summed E-state index contributed by atoms with van der Waals surface area (Å²) < 4.78 is 0. The summed E-state index contributed by atoms with van der Waals surface area (Å²) in [4.78, 5) is 16.6. The summed E-state index contributed by atoms with van der Waals surface area (Å²) in [6.07, 6.45) is 3.20. The molecule has 0 unspecified atom stereocenters. The molecule has 0 atom stereocenters. The van der Waals surface area contributed by atoms with E-state index < -0.39 is 0 Å². The monoisotopic (exact) mass is 255 g/mol. The van der Waals surface area contributed by atoms with Gasteiger partial charge in [0.15, 0.2) is 0 Å². The SMILES string of the molecule is CCCN(CC)CC(=O)NC1(C)CCN(C)CC1. The van der Waals surface area contributed by atoms with E-state index in [1.165, 1.54) is 0 Å². The first-order valence-corrected chi connectivity index (χ1v) is 7.21. The summed E-state index contributed by atoms with van der Waals surface area (Å²) in [5, 5.41) is 3.23. The van der Waals surface area contributed by atoms with Crippen LogP contribution in [0, 0.1) is 0 Å². The van der Waals surface area contributed by atoms with Crippen molar-refractivity contribution in [2.24, 2.45) is 0 Å². The van der Waals surface area contributed by atoms with Crippen LogP contribution in [0.3, 0.4) is 0 Å². The van der Waals surface area contributed by atoms with Crippen LogP contribution in [0.25, 0.3) is 0 Å². The number of nitrogens with zero attached hydrogens (tertiary/aromatic N) is 2. The molecule has 1 aliphatic heterocycles. The van der Waals surface area contributed by atoms with Gasteiger partial charge in [-0.15, -0.1) is 0 Å². The first-order chi connectivity index (χ1) is 8.49. The average Bonchev–Trinajstić information content (AvgIpc) is 2.32. The molecule has 106 valence electrons. The maximum absolute atomic E-state index is 12.1. The van der Waals surface area contributed by atoms with Gasteiger partial charge in [0.1, 0.15) is 0 Å². The normalized spacial score (nSPS) is 20.1. The van der Waals surface area contributed by atoms with Crippen LogP contribution in [0.1, 0.15) is 40.0 Å². The molecule has 0 aromatic carbocycles. The molecular formula is C14H29N3O. The van der Waals surface area contributed by atoms with E-state index in [9.17, 15) is 4.79 Å². The number of hydrogen-bond acceptors (Lipinski definition) is 3. The van der Waals surface area contributed by atoms with Gasteiger partial charge >= 0.3 is 0 Å². The van der Waals surface area contributed by atoms with Crippen molar-refractivity contribution in [3.05, 3.63) is 0 Å². The van der Waals surface area contributed by atoms with E-state index in [0.717, 1.165) is 45.4 Å². The van der Waals surface area contributed by atoms with E-state index in [1.54, 1.807) is 0 Å². The molecule has 0 radical (unpaired) electrons. The van der Waals surface area contributed by atoms with E-state index in [1.807, 2.05) is 0 Å². The minimum Gasteiger partial charge on any atom is -0.350 e. The van der Waals surface area contributed by atoms with Crippen molar-refractivity contribution in [1.29, 1.82) is 0 Å². The standard InChI is InChI=1S/C14H29N3O/c1-5-9-17(6-2)12-13(18)15-14(3)7-10-16(4)11-8-14/h5-12H2,1-4H3,(H,15,18). The van der Waals surface area contributed by atoms with Crippen molar-refractivity contribution in [3.63, 3.8) is 0 Å². The molecule has 0 spiro atoms. The summed E-state index contributed by atoms with van der Waals surface area (Å²) in [6.45, 7) is 11.1. The van der Waals surface area contributed by atoms with Gasteiger partial charge in [-0.25, -0.2) is 0 Å². The van der Waals surface area contributed by atoms with Crippen molar-refractivity contribution in [2.45, 2.75) is 45.6 Å². The van der Waals surface area contributed by atoms with Crippen LogP contribution in [0.2, 0.25) is 0 Å². The molecule has 0 aliphatic carbocycles. The topological polar surface area (TPSA) is 35.6 Å². The van der Waals surface area contributed by atoms with Crippen molar-refractivity contribution >= 4 is 5.91 Å². The van der Waals surface area contributed by atoms with Crippen LogP contribution in [0.5, 0.6) is 0 Å². The minimum atomic E-state index is -0.00474. The van der Waals surface area contributed by atoms with E-state index in [-0.39, 0.29) is 11.4 Å². The molecule has 0 bridgehead atoms. The Kier molecular flexibility index (Phi) is 6.09. The van der Waals surface area contributed by atoms with Gasteiger partial charge < -0.3 is 10.2 Å². The maximum Gasteiger partial charge on any atom is 0.234 e. The fourth-order valence-electron chi connectivity index (χ4n) is 2.48. The first kappa shape index (κ1) is 15.4. The Labute approximate surface area is 112 Å². The van der Waals surface area contributed by atoms with Crippen molar-refractivity contribution in [1.82, 2.24) is 15.1 Å². The van der Waals surface area contributed by atoms with Gasteiger partial charge in [-0.2, -0.15) is 0 Å². The fraction of sp³-hybridized carbons (Fsp3) is 0.929. The van der Waals surface area contributed by atoms with Crippen LogP contribution in [-0.4, -0.2) is 61.0 Å². The van der Waals surface area contributed by atoms with Gasteiger partial charge in [0, 0.05) is 18.6 Å². The lowest BCUT2D eigenvalue weighted by Crippen LogP contribution is -2.54. The second-order valence-electron chi connectivity index (χ2n) is 5.78. The van der Waals surface area contributed by atoms with Gasteiger partial charge in [0.25, 0.3) is 0 Å². The van der Waals surface area contributed by atoms with E-state index in [0.29, 0.717) is 6.54 Å². The van der Waals surface area contributed by atoms with Crippen molar-refractivity contribution in [2.75, 3.05) is 39.8 Å². The number of amides is 1. The average molecular weight is 255 g/mol. The molecule has 18 heavy (non-hydrogen) atoms. The highest BCUT2D eigenvalue weighted by atomic mass is 16.2. The Bertz CT molecular complexity index is 260. The van der Waals surface area contributed by atoms with Gasteiger partial charge in [-0.05, 0) is 46.3 Å². The lowest BCUT2D eigenvalue weighted by molar-refractivity contribution is -0.124. The molecule has 1 heterocycles. The molecule has 4 nitrogen and oxygen atoms in total. The molecule has 4 heteroatoms. The van der Waals surface area contributed by atoms with E-state index in [2.05, 4.69) is 42.9 Å². The van der Waals surface area contributed by atoms with E-state index in [4.69, 9.17) is 0 Å². The van der Waals surface area contributed by atoms with Crippen LogP contribution in [-0.2, 0) is 4.79 Å². The molecule has 1 N–H and O–H groups in total. The van der Waals surface area contributed by atoms with Crippen LogP contribution < -0.4 is 5.32 Å². The molecule has 1 saturated heterocycles. The largest absolute Gasteiger partial charge is 0.350 e. The van der Waals surface area contributed by atoms with Crippen LogP contribution in [0.15, 0.2) is 0 Å². The lowest BCUT2D eigenvalue weighted by atomic mass is 9.90. The summed E-state index contributed by atoms with van der Waals surface area (Å²) >= 11 is 0. The Hall–Kier alpha value is -0.610. The Morgan fingerprint density at radius 2 is 1.94 bits per heavy atom. The highest BCUT2D eigenvalue weighted by Crippen LogP contribution is 2.20. The van der Waals surface area contributed by atoms with Crippen LogP contribution in [0.4, 0.5) is 0 Å². The van der Waals surface area contributed by atoms with Gasteiger partial charge in [0.2, 0.25) is 5.91 Å². The zero-order chi connectivity index (χ0) is 13.6. The third kappa shape index (κ3) is 4.94. The highest BCUT2D eigenvalue weighted by Gasteiger charge is 2.30. The van der Waals surface area contributed by atoms with Gasteiger partial charge in [0.05, 0.1) is 6.54 Å². The molecule has 0 aromatic heterocycles. The first-order valence-electron chi connectivity index (χ1n) is 7.21. The number of likely N-dealkylation sites (N-methyl/N-ethyl adjacent to an activating group) is 1. The summed E-state index contributed by atoms with van der Waals surface area (Å²) in [5.74, 6) is 0.178. The summed E-state index contributed by atoms with van der Waals surface area (Å²) in [6, 6.07) is 0. The van der Waals surface area contributed by atoms with E-state index >= 15 is 0 Å². The number of carbonyl (C=O) groups is 1. The minimum absolute atomic E-state index is 0.00474. The Balaban J connectivity index is 2.39. The Morgan fingerprint density at radius 3 is 2.44 bits per heavy atom. The second-order valence-corrected chi connectivity index (χ2v) is 5.78. The molecule has 1 aliphatic rings. The third-order valence-corrected chi connectivity index (χ3v) is 3.89. The summed E-state index contributed by atoms with van der Waals surface area (Å²) in [7, 11) is 2.14. The molecule has 0 saturated carbocycles. The number of rotatable bonds is 6. The molecule has 1 fully saturated rings. The zero-order valence-electron chi connectivity index (χ0n) is 12.5. The molecule has 0 aromatic rings. The smallest absolute Gasteiger partial charge is 0.234 e. The van der Waals surface area contributed by atoms with Crippen molar-refractivity contribution in [3.8, 4) is 0 Å². The molecular weight excluding hydrogens is 226 g/mol. The number of hydrogen-bond donors (Lipinski definition) is 1. The van der Waals surface area contributed by atoms with Gasteiger partial charge in [-0.3, -0.25) is 9.69 Å². The summed E-state index contributed by atoms with van der Waals surface area (Å²) in [5.41, 5.74) is -0.00474. The number of nitrogens with one attached hydrogen (secondary N) is 1. The maximum atomic E-state index is 12.1. The highest BCUT2D eigenvalue weighted by molar-refractivity contribution is 5.78. The van der Waals surface area contributed by atoms with Crippen molar-refractivity contribution < 1.29 is 4.79 Å². The van der Waals surface area contributed by atoms with Gasteiger partial charge in [-0.1, -0.05) is 13.8 Å². The lowest BCUT2D eigenvalue weighted by Gasteiger charge is -2.39. The number of carbonyl (C=O) groups excluding carboxylic acids is 1. The third-order valence-electron chi connectivity index (χ3n) is 3.89. The Morgan fingerprint density at radius 1 is 1.33 bits per heavy atom. The number of piperidine rings is 1. The predicted molar refractivity (Wildman–Crippen MR) is 75.7 cm³/mol. The zero-order valence-corrected chi connectivity index (χ0v) is 12.5. The van der Waals surface area contributed by atoms with Crippen LogP contribution >= 0.6 is 0 Å². The molecule has 1 amide bonds. The quantitative estimate of drug-likeness (QED) is 0.777. The fourth-order valence-corrected chi connectivity index (χ4v) is 2.48. The molecule has 1 rings (SSSR count). The predicted octanol–water partition coefficient (Wildman–Crippen LogP) is 1.32. The number of likely N-dealkylation sites (tertiary alicyclic amines) is 1.